The van der Waals surface area contributed by atoms with E-state index in [1.807, 2.05) is 6.92 Å². The smallest absolute Gasteiger partial charge is 0.289 e. The highest BCUT2D eigenvalue weighted by Crippen LogP contribution is 2.35. The molecule has 0 saturated heterocycles. The van der Waals surface area contributed by atoms with Crippen LogP contribution in [0.4, 0.5) is 14.5 Å². The molecule has 1 aliphatic rings. The van der Waals surface area contributed by atoms with E-state index < -0.39 is 22.8 Å². The van der Waals surface area contributed by atoms with Crippen LogP contribution < -0.4 is 10.1 Å². The number of pyridine rings is 1. The zero-order valence-corrected chi connectivity index (χ0v) is 18.0. The Hall–Kier alpha value is -3.71. The van der Waals surface area contributed by atoms with E-state index in [1.165, 1.54) is 12.3 Å². The number of hydrogen-bond donors (Lipinski definition) is 3. The maximum Gasteiger partial charge on any atom is 0.289 e. The minimum Gasteiger partial charge on any atom is -0.464 e. The van der Waals surface area contributed by atoms with Crippen LogP contribution in [0.5, 0.6) is 11.5 Å². The summed E-state index contributed by atoms with van der Waals surface area (Å²) in [5.41, 5.74) is 1.01. The number of hydrogen-bond acceptors (Lipinski definition) is 7. The molecule has 2 aromatic heterocycles. The number of amidine groups is 1. The van der Waals surface area contributed by atoms with Gasteiger partial charge in [-0.05, 0) is 24.5 Å². The summed E-state index contributed by atoms with van der Waals surface area (Å²) in [5.74, 6) is -2.09. The highest BCUT2D eigenvalue weighted by molar-refractivity contribution is 5.89. The molecule has 0 fully saturated rings. The molecule has 3 aromatic rings. The van der Waals surface area contributed by atoms with E-state index in [1.54, 1.807) is 6.20 Å². The number of unbranched alkanes of at least 4 members (excludes halogenated alkanes) is 1. The van der Waals surface area contributed by atoms with Crippen LogP contribution in [0, 0.1) is 28.4 Å². The van der Waals surface area contributed by atoms with Gasteiger partial charge in [-0.1, -0.05) is 6.92 Å². The Kier molecular flexibility index (Phi) is 6.42. The average molecular weight is 455 g/mol. The van der Waals surface area contributed by atoms with Crippen LogP contribution in [-0.4, -0.2) is 40.9 Å². The first-order valence-electron chi connectivity index (χ1n) is 10.5. The van der Waals surface area contributed by atoms with E-state index >= 15 is 0 Å². The number of H-pyrrole nitrogens is 1. The van der Waals surface area contributed by atoms with Crippen molar-refractivity contribution in [1.29, 1.82) is 5.26 Å². The number of nitriles is 1. The molecular weight excluding hydrogens is 432 g/mol. The minimum atomic E-state index is -0.902. The van der Waals surface area contributed by atoms with Crippen molar-refractivity contribution >= 4 is 22.7 Å². The number of nitrogens with zero attached hydrogens (tertiary/aromatic N) is 3. The van der Waals surface area contributed by atoms with Gasteiger partial charge in [0.1, 0.15) is 18.0 Å². The third-order valence-electron chi connectivity index (χ3n) is 5.36. The lowest BCUT2D eigenvalue weighted by molar-refractivity contribution is 0.0706. The number of anilines is 1. The summed E-state index contributed by atoms with van der Waals surface area (Å²) in [7, 11) is 0. The van der Waals surface area contributed by atoms with Crippen molar-refractivity contribution in [2.75, 3.05) is 25.1 Å². The fourth-order valence-electron chi connectivity index (χ4n) is 3.46. The number of nitrogens with one attached hydrogen (secondary N) is 2. The quantitative estimate of drug-likeness (QED) is 0.458. The van der Waals surface area contributed by atoms with Crippen molar-refractivity contribution in [2.24, 2.45) is 10.4 Å². The number of rotatable bonds is 7. The number of halogens is 2. The van der Waals surface area contributed by atoms with Gasteiger partial charge in [-0.3, -0.25) is 0 Å². The normalized spacial score (nSPS) is 17.8. The number of aromatic amines is 1. The summed E-state index contributed by atoms with van der Waals surface area (Å²) in [4.78, 5) is 11.4. The van der Waals surface area contributed by atoms with Crippen molar-refractivity contribution in [3.8, 4) is 17.6 Å². The second kappa shape index (κ2) is 9.42. The molecule has 0 aliphatic carbocycles. The first kappa shape index (κ1) is 22.5. The molecule has 0 radical (unpaired) electrons. The molecule has 3 N–H and O–H groups in total. The Bertz CT molecular complexity index is 1210. The van der Waals surface area contributed by atoms with Crippen LogP contribution in [-0.2, 0) is 11.2 Å². The summed E-state index contributed by atoms with van der Waals surface area (Å²) >= 11 is 0. The number of aromatic nitrogens is 2. The fraction of sp³-hybridized carbons (Fsp3) is 0.348. The SMILES string of the molecule is C[C@]1(CO)CN=C(Nc2cc(F)c(Oc3ccnc4[nH]cc(CCCC#N)c34)c(F)c2)OC1. The van der Waals surface area contributed by atoms with Gasteiger partial charge in [0.15, 0.2) is 17.4 Å². The van der Waals surface area contributed by atoms with Gasteiger partial charge < -0.3 is 24.9 Å². The van der Waals surface area contributed by atoms with Gasteiger partial charge in [0, 0.05) is 42.0 Å². The highest BCUT2D eigenvalue weighted by atomic mass is 19.1. The first-order chi connectivity index (χ1) is 15.9. The first-order valence-corrected chi connectivity index (χ1v) is 10.5. The molecule has 10 heteroatoms. The molecular formula is C23H23F2N5O3. The van der Waals surface area contributed by atoms with Crippen molar-refractivity contribution in [3.63, 3.8) is 0 Å². The number of aliphatic imine (C=N–C) groups is 1. The van der Waals surface area contributed by atoms with Gasteiger partial charge in [-0.25, -0.2) is 18.8 Å². The lowest BCUT2D eigenvalue weighted by atomic mass is 9.93. The lowest BCUT2D eigenvalue weighted by Crippen LogP contribution is -2.38. The fourth-order valence-corrected chi connectivity index (χ4v) is 3.46. The van der Waals surface area contributed by atoms with E-state index in [0.29, 0.717) is 36.8 Å². The Morgan fingerprint density at radius 3 is 2.82 bits per heavy atom. The molecule has 0 unspecified atom stereocenters. The number of aryl methyl sites for hydroxylation is 1. The molecule has 0 bridgehead atoms. The zero-order chi connectivity index (χ0) is 23.4. The molecule has 33 heavy (non-hydrogen) atoms. The molecule has 1 aliphatic heterocycles. The van der Waals surface area contributed by atoms with Gasteiger partial charge in [0.2, 0.25) is 0 Å². The van der Waals surface area contributed by atoms with E-state index in [9.17, 15) is 13.9 Å². The highest BCUT2D eigenvalue weighted by Gasteiger charge is 2.29. The van der Waals surface area contributed by atoms with Crippen LogP contribution in [0.25, 0.3) is 11.0 Å². The topological polar surface area (TPSA) is 116 Å². The van der Waals surface area contributed by atoms with Crippen LogP contribution in [0.2, 0.25) is 0 Å². The third-order valence-corrected chi connectivity index (χ3v) is 5.36. The maximum absolute atomic E-state index is 14.8. The molecule has 3 heterocycles. The van der Waals surface area contributed by atoms with Crippen LogP contribution in [0.1, 0.15) is 25.3 Å². The van der Waals surface area contributed by atoms with Crippen molar-refractivity contribution in [1.82, 2.24) is 9.97 Å². The Morgan fingerprint density at radius 1 is 1.36 bits per heavy atom. The van der Waals surface area contributed by atoms with Crippen LogP contribution >= 0.6 is 0 Å². The molecule has 1 atom stereocenters. The Balaban J connectivity index is 1.56. The Morgan fingerprint density at radius 2 is 2.15 bits per heavy atom. The van der Waals surface area contributed by atoms with Gasteiger partial charge in [-0.15, -0.1) is 0 Å². The molecule has 4 rings (SSSR count). The molecule has 172 valence electrons. The second-order valence-corrected chi connectivity index (χ2v) is 8.23. The largest absolute Gasteiger partial charge is 0.464 e. The summed E-state index contributed by atoms with van der Waals surface area (Å²) < 4.78 is 40.8. The van der Waals surface area contributed by atoms with E-state index in [0.717, 1.165) is 17.7 Å². The van der Waals surface area contributed by atoms with E-state index in [-0.39, 0.29) is 30.7 Å². The van der Waals surface area contributed by atoms with E-state index in [2.05, 4.69) is 26.3 Å². The van der Waals surface area contributed by atoms with Gasteiger partial charge >= 0.3 is 0 Å². The molecule has 0 saturated carbocycles. The summed E-state index contributed by atoms with van der Waals surface area (Å²) in [6.07, 6.45) is 4.88. The summed E-state index contributed by atoms with van der Waals surface area (Å²) in [6, 6.07) is 5.94. The van der Waals surface area contributed by atoms with Crippen LogP contribution in [0.3, 0.4) is 0 Å². The van der Waals surface area contributed by atoms with Crippen molar-refractivity contribution in [3.05, 3.63) is 47.8 Å². The monoisotopic (exact) mass is 455 g/mol. The van der Waals surface area contributed by atoms with Gasteiger partial charge in [-0.2, -0.15) is 5.26 Å². The zero-order valence-electron chi connectivity index (χ0n) is 18.0. The van der Waals surface area contributed by atoms with Crippen molar-refractivity contribution in [2.45, 2.75) is 26.2 Å². The predicted octanol–water partition coefficient (Wildman–Crippen LogP) is 4.28. The van der Waals surface area contributed by atoms with Crippen molar-refractivity contribution < 1.29 is 23.4 Å². The van der Waals surface area contributed by atoms with Gasteiger partial charge in [0.05, 0.1) is 24.6 Å². The number of fused-ring (bicyclic) bond motifs is 1. The molecule has 8 nitrogen and oxygen atoms in total. The molecule has 1 aromatic carbocycles. The standard InChI is InChI=1S/C23H23F2N5O3/c1-23(12-31)11-29-22(32-13-23)30-15-8-16(24)20(17(25)9-15)33-18-5-7-27-21-19(18)14(10-28-21)4-2-3-6-26/h5,7-10,31H,2-4,11-13H2,1H3,(H,27,28)(H,29,30)/t23-/m1/s1. The van der Waals surface area contributed by atoms with Crippen LogP contribution in [0.15, 0.2) is 35.6 Å². The number of aliphatic hydroxyl groups excluding tert-OH is 1. The predicted molar refractivity (Wildman–Crippen MR) is 118 cm³/mol. The third kappa shape index (κ3) is 4.88. The Labute approximate surface area is 188 Å². The molecule has 0 spiro atoms. The molecule has 0 amide bonds. The maximum atomic E-state index is 14.8. The second-order valence-electron chi connectivity index (χ2n) is 8.23. The van der Waals surface area contributed by atoms with Gasteiger partial charge in [0.25, 0.3) is 6.02 Å². The average Bonchev–Trinajstić information content (AvgIpc) is 3.22. The number of benzene rings is 1. The summed E-state index contributed by atoms with van der Waals surface area (Å²) in [5, 5.41) is 21.5. The lowest BCUT2D eigenvalue weighted by Gasteiger charge is -2.30. The summed E-state index contributed by atoms with van der Waals surface area (Å²) in [6.45, 7) is 2.30. The number of aliphatic hydroxyl groups is 1. The van der Waals surface area contributed by atoms with E-state index in [4.69, 9.17) is 14.7 Å². The number of ether oxygens (including phenoxy) is 2. The minimum absolute atomic E-state index is 0.0808.